The summed E-state index contributed by atoms with van der Waals surface area (Å²) in [6, 6.07) is 3.10. The second kappa shape index (κ2) is 4.66. The van der Waals surface area contributed by atoms with Crippen LogP contribution in [-0.4, -0.2) is 17.9 Å². The van der Waals surface area contributed by atoms with E-state index in [0.29, 0.717) is 17.0 Å². The molecule has 1 aromatic carbocycles. The first-order chi connectivity index (χ1) is 6.61. The van der Waals surface area contributed by atoms with Crippen LogP contribution in [-0.2, 0) is 0 Å². The highest BCUT2D eigenvalue weighted by Crippen LogP contribution is 2.33. The van der Waals surface area contributed by atoms with Crippen LogP contribution in [0.4, 0.5) is 4.39 Å². The second-order valence-electron chi connectivity index (χ2n) is 3.16. The molecule has 0 aliphatic carbocycles. The normalized spacial score (nSPS) is 12.9. The van der Waals surface area contributed by atoms with Crippen molar-refractivity contribution in [3.8, 4) is 5.75 Å². The third kappa shape index (κ3) is 2.01. The van der Waals surface area contributed by atoms with E-state index in [9.17, 15) is 9.50 Å². The molecule has 0 bridgehead atoms. The van der Waals surface area contributed by atoms with E-state index < -0.39 is 0 Å². The summed E-state index contributed by atoms with van der Waals surface area (Å²) >= 11 is 1.20. The van der Waals surface area contributed by atoms with Gasteiger partial charge in [-0.3, -0.25) is 0 Å². The number of hydrogen-bond donors (Lipinski definition) is 2. The topological polar surface area (TPSA) is 46.2 Å². The van der Waals surface area contributed by atoms with E-state index in [-0.39, 0.29) is 17.5 Å². The molecule has 3 N–H and O–H groups in total. The molecule has 0 aromatic heterocycles. The first-order valence-corrected chi connectivity index (χ1v) is 5.59. The van der Waals surface area contributed by atoms with E-state index >= 15 is 0 Å². The molecule has 0 amide bonds. The van der Waals surface area contributed by atoms with Gasteiger partial charge in [0.2, 0.25) is 0 Å². The van der Waals surface area contributed by atoms with Crippen molar-refractivity contribution in [1.29, 1.82) is 0 Å². The summed E-state index contributed by atoms with van der Waals surface area (Å²) in [7, 11) is 0. The molecule has 0 radical (unpaired) electrons. The highest BCUT2D eigenvalue weighted by molar-refractivity contribution is 7.98. The van der Waals surface area contributed by atoms with Crippen molar-refractivity contribution in [2.24, 2.45) is 5.73 Å². The SMILES string of the molecule is CSc1c(O)ccc(C(C)CN)c1F. The summed E-state index contributed by atoms with van der Waals surface area (Å²) in [6.45, 7) is 2.26. The predicted octanol–water partition coefficient (Wildman–Crippen LogP) is 2.32. The van der Waals surface area contributed by atoms with Crippen molar-refractivity contribution < 1.29 is 9.50 Å². The maximum Gasteiger partial charge on any atom is 0.144 e. The van der Waals surface area contributed by atoms with Crippen molar-refractivity contribution in [3.05, 3.63) is 23.5 Å². The minimum Gasteiger partial charge on any atom is -0.507 e. The summed E-state index contributed by atoms with van der Waals surface area (Å²) in [5.41, 5.74) is 6.03. The Morgan fingerprint density at radius 1 is 1.57 bits per heavy atom. The van der Waals surface area contributed by atoms with Crippen LogP contribution in [0.3, 0.4) is 0 Å². The lowest BCUT2D eigenvalue weighted by Crippen LogP contribution is -2.10. The molecule has 0 spiro atoms. The summed E-state index contributed by atoms with van der Waals surface area (Å²) < 4.78 is 13.7. The summed E-state index contributed by atoms with van der Waals surface area (Å²) in [4.78, 5) is 0.294. The Morgan fingerprint density at radius 2 is 2.21 bits per heavy atom. The zero-order chi connectivity index (χ0) is 10.7. The Balaban J connectivity index is 3.21. The maximum absolute atomic E-state index is 13.7. The van der Waals surface area contributed by atoms with Crippen molar-refractivity contribution in [2.75, 3.05) is 12.8 Å². The molecule has 0 saturated carbocycles. The Hall–Kier alpha value is -0.740. The van der Waals surface area contributed by atoms with E-state index in [1.165, 1.54) is 17.8 Å². The number of halogens is 1. The predicted molar refractivity (Wildman–Crippen MR) is 57.3 cm³/mol. The lowest BCUT2D eigenvalue weighted by atomic mass is 10.0. The van der Waals surface area contributed by atoms with Gasteiger partial charge in [-0.25, -0.2) is 4.39 Å². The Bertz CT molecular complexity index is 330. The van der Waals surface area contributed by atoms with Crippen LogP contribution in [0.2, 0.25) is 0 Å². The number of thioether (sulfide) groups is 1. The van der Waals surface area contributed by atoms with Gasteiger partial charge in [-0.1, -0.05) is 13.0 Å². The number of benzene rings is 1. The third-order valence-electron chi connectivity index (χ3n) is 2.19. The Morgan fingerprint density at radius 3 is 2.71 bits per heavy atom. The van der Waals surface area contributed by atoms with Crippen molar-refractivity contribution in [2.45, 2.75) is 17.7 Å². The van der Waals surface area contributed by atoms with Crippen LogP contribution in [0.15, 0.2) is 17.0 Å². The molecule has 1 unspecified atom stereocenters. The van der Waals surface area contributed by atoms with E-state index in [1.807, 2.05) is 6.92 Å². The van der Waals surface area contributed by atoms with E-state index in [1.54, 1.807) is 12.3 Å². The van der Waals surface area contributed by atoms with Crippen molar-refractivity contribution in [3.63, 3.8) is 0 Å². The van der Waals surface area contributed by atoms with Gasteiger partial charge < -0.3 is 10.8 Å². The molecular formula is C10H14FNOS. The fourth-order valence-corrected chi connectivity index (χ4v) is 1.84. The summed E-state index contributed by atoms with van der Waals surface area (Å²) in [5, 5.41) is 9.38. The van der Waals surface area contributed by atoms with Gasteiger partial charge in [0.05, 0.1) is 4.90 Å². The van der Waals surface area contributed by atoms with E-state index in [0.717, 1.165) is 0 Å². The molecule has 1 rings (SSSR count). The summed E-state index contributed by atoms with van der Waals surface area (Å²) in [6.07, 6.45) is 1.73. The van der Waals surface area contributed by atoms with Gasteiger partial charge in [-0.15, -0.1) is 11.8 Å². The number of hydrogen-bond acceptors (Lipinski definition) is 3. The quantitative estimate of drug-likeness (QED) is 0.761. The van der Waals surface area contributed by atoms with Crippen LogP contribution >= 0.6 is 11.8 Å². The molecule has 0 saturated heterocycles. The monoisotopic (exact) mass is 215 g/mol. The van der Waals surface area contributed by atoms with Crippen LogP contribution < -0.4 is 5.73 Å². The zero-order valence-corrected chi connectivity index (χ0v) is 9.07. The molecule has 1 aromatic rings. The van der Waals surface area contributed by atoms with Gasteiger partial charge in [0.25, 0.3) is 0 Å². The fraction of sp³-hybridized carbons (Fsp3) is 0.400. The minimum absolute atomic E-state index is 0.0111. The van der Waals surface area contributed by atoms with Crippen molar-refractivity contribution in [1.82, 2.24) is 0 Å². The molecule has 2 nitrogen and oxygen atoms in total. The average Bonchev–Trinajstić information content (AvgIpc) is 2.18. The van der Waals surface area contributed by atoms with Gasteiger partial charge in [-0.2, -0.15) is 0 Å². The molecular weight excluding hydrogens is 201 g/mol. The molecule has 0 heterocycles. The standard InChI is InChI=1S/C10H14FNOS/c1-6(5-12)7-3-4-8(13)10(14-2)9(7)11/h3-4,6,13H,5,12H2,1-2H3. The fourth-order valence-electron chi connectivity index (χ4n) is 1.26. The van der Waals surface area contributed by atoms with Crippen LogP contribution in [0.1, 0.15) is 18.4 Å². The highest BCUT2D eigenvalue weighted by atomic mass is 32.2. The minimum atomic E-state index is -0.351. The number of rotatable bonds is 3. The molecule has 0 aliphatic heterocycles. The molecule has 1 atom stereocenters. The Labute approximate surface area is 87.3 Å². The smallest absolute Gasteiger partial charge is 0.144 e. The van der Waals surface area contributed by atoms with Crippen LogP contribution in [0.5, 0.6) is 5.75 Å². The number of phenols is 1. The van der Waals surface area contributed by atoms with Gasteiger partial charge in [-0.05, 0) is 30.3 Å². The first-order valence-electron chi connectivity index (χ1n) is 4.37. The zero-order valence-electron chi connectivity index (χ0n) is 8.25. The lowest BCUT2D eigenvalue weighted by molar-refractivity contribution is 0.446. The van der Waals surface area contributed by atoms with E-state index in [2.05, 4.69) is 0 Å². The summed E-state index contributed by atoms with van der Waals surface area (Å²) in [5.74, 6) is -0.389. The van der Waals surface area contributed by atoms with E-state index in [4.69, 9.17) is 5.73 Å². The maximum atomic E-state index is 13.7. The molecule has 78 valence electrons. The van der Waals surface area contributed by atoms with Crippen LogP contribution in [0, 0.1) is 5.82 Å². The number of nitrogens with two attached hydrogens (primary N) is 1. The molecule has 14 heavy (non-hydrogen) atoms. The largest absolute Gasteiger partial charge is 0.507 e. The third-order valence-corrected chi connectivity index (χ3v) is 2.99. The van der Waals surface area contributed by atoms with Gasteiger partial charge in [0.1, 0.15) is 11.6 Å². The average molecular weight is 215 g/mol. The van der Waals surface area contributed by atoms with Gasteiger partial charge in [0.15, 0.2) is 0 Å². The van der Waals surface area contributed by atoms with Gasteiger partial charge in [0, 0.05) is 0 Å². The molecule has 0 aliphatic rings. The molecule has 4 heteroatoms. The Kier molecular flexibility index (Phi) is 3.77. The number of aromatic hydroxyl groups is 1. The first kappa shape index (κ1) is 11.3. The highest BCUT2D eigenvalue weighted by Gasteiger charge is 2.15. The number of phenolic OH excluding ortho intramolecular Hbond substituents is 1. The molecule has 0 fully saturated rings. The second-order valence-corrected chi connectivity index (χ2v) is 3.97. The van der Waals surface area contributed by atoms with Crippen molar-refractivity contribution >= 4 is 11.8 Å². The van der Waals surface area contributed by atoms with Gasteiger partial charge >= 0.3 is 0 Å². The van der Waals surface area contributed by atoms with Crippen LogP contribution in [0.25, 0.3) is 0 Å². The lowest BCUT2D eigenvalue weighted by Gasteiger charge is -2.13.